The minimum absolute atomic E-state index is 0.00665. The summed E-state index contributed by atoms with van der Waals surface area (Å²) in [5.74, 6) is -1.82. The normalized spacial score (nSPS) is 13.4. The number of amides is 1. The van der Waals surface area contributed by atoms with Gasteiger partial charge in [0.25, 0.3) is 0 Å². The molecule has 0 aliphatic heterocycles. The van der Waals surface area contributed by atoms with Crippen molar-refractivity contribution in [3.8, 4) is 11.5 Å². The van der Waals surface area contributed by atoms with E-state index in [2.05, 4.69) is 19.5 Å². The molecule has 2 aromatic carbocycles. The Labute approximate surface area is 195 Å². The minimum Gasteiger partial charge on any atom is -0.493 e. The van der Waals surface area contributed by atoms with Crippen molar-refractivity contribution in [2.45, 2.75) is 43.2 Å². The molecule has 0 atom stereocenters. The molecule has 9 nitrogen and oxygen atoms in total. The van der Waals surface area contributed by atoms with Crippen molar-refractivity contribution in [3.05, 3.63) is 47.5 Å². The first-order valence-corrected chi connectivity index (χ1v) is 11.8. The maximum atomic E-state index is 12.7. The number of carbonyl (C=O) groups is 2. The molecule has 0 spiro atoms. The molecule has 2 aromatic rings. The van der Waals surface area contributed by atoms with Gasteiger partial charge in [-0.15, -0.1) is 0 Å². The van der Waals surface area contributed by atoms with Crippen LogP contribution in [0.2, 0.25) is 0 Å². The van der Waals surface area contributed by atoms with Gasteiger partial charge in [-0.1, -0.05) is 12.1 Å². The lowest BCUT2D eigenvalue weighted by Crippen LogP contribution is -2.25. The Balaban J connectivity index is 1.69. The number of esters is 1. The lowest BCUT2D eigenvalue weighted by atomic mass is 10.1. The highest BCUT2D eigenvalue weighted by Gasteiger charge is 2.28. The molecule has 1 aliphatic rings. The van der Waals surface area contributed by atoms with Gasteiger partial charge in [0.2, 0.25) is 15.9 Å². The number of hydrogen-bond donors (Lipinski definition) is 2. The van der Waals surface area contributed by atoms with E-state index in [9.17, 15) is 26.8 Å². The summed E-state index contributed by atoms with van der Waals surface area (Å²) in [6, 6.07) is 8.33. The molecule has 0 saturated heterocycles. The number of rotatable bonds is 11. The third kappa shape index (κ3) is 6.64. The number of alkyl halides is 2. The van der Waals surface area contributed by atoms with E-state index in [1.54, 1.807) is 12.1 Å². The molecule has 12 heteroatoms. The van der Waals surface area contributed by atoms with Crippen LogP contribution in [0.4, 0.5) is 14.5 Å². The number of anilines is 1. The Kier molecular flexibility index (Phi) is 8.05. The molecule has 1 fully saturated rings. The Morgan fingerprint density at radius 1 is 1.09 bits per heavy atom. The second kappa shape index (κ2) is 10.8. The monoisotopic (exact) mass is 498 g/mol. The Morgan fingerprint density at radius 2 is 1.76 bits per heavy atom. The molecule has 1 aliphatic carbocycles. The summed E-state index contributed by atoms with van der Waals surface area (Å²) >= 11 is 0. The van der Waals surface area contributed by atoms with Gasteiger partial charge in [0.1, 0.15) is 0 Å². The molecule has 1 amide bonds. The SMILES string of the molecule is COC(=O)c1cc(OC)c(OC(F)F)cc1NC(=O)CCc1ccc(S(=O)(=O)NC2CC2)cc1. The maximum Gasteiger partial charge on any atom is 0.387 e. The lowest BCUT2D eigenvalue weighted by molar-refractivity contribution is -0.116. The van der Waals surface area contributed by atoms with Crippen molar-refractivity contribution < 1.29 is 41.0 Å². The first-order valence-electron chi connectivity index (χ1n) is 10.3. The second-order valence-corrected chi connectivity index (χ2v) is 9.22. The molecule has 0 unspecified atom stereocenters. The average molecular weight is 499 g/mol. The van der Waals surface area contributed by atoms with Crippen molar-refractivity contribution >= 4 is 27.6 Å². The molecular weight excluding hydrogens is 474 g/mol. The summed E-state index contributed by atoms with van der Waals surface area (Å²) in [5, 5.41) is 2.50. The van der Waals surface area contributed by atoms with Gasteiger partial charge in [0, 0.05) is 24.6 Å². The maximum absolute atomic E-state index is 12.7. The van der Waals surface area contributed by atoms with Crippen LogP contribution in [0.1, 0.15) is 35.2 Å². The Morgan fingerprint density at radius 3 is 2.32 bits per heavy atom. The van der Waals surface area contributed by atoms with E-state index in [4.69, 9.17) is 4.74 Å². The van der Waals surface area contributed by atoms with E-state index in [1.807, 2.05) is 0 Å². The molecule has 0 heterocycles. The number of hydrogen-bond acceptors (Lipinski definition) is 7. The Hall–Kier alpha value is -3.25. The van der Waals surface area contributed by atoms with E-state index < -0.39 is 28.5 Å². The fraction of sp³-hybridized carbons (Fsp3) is 0.364. The van der Waals surface area contributed by atoms with Gasteiger partial charge in [-0.25, -0.2) is 17.9 Å². The third-order valence-corrected chi connectivity index (χ3v) is 6.51. The molecule has 3 rings (SSSR count). The smallest absolute Gasteiger partial charge is 0.387 e. The summed E-state index contributed by atoms with van der Waals surface area (Å²) < 4.78 is 66.6. The van der Waals surface area contributed by atoms with Crippen LogP contribution in [0.5, 0.6) is 11.5 Å². The van der Waals surface area contributed by atoms with Gasteiger partial charge < -0.3 is 19.5 Å². The number of sulfonamides is 1. The average Bonchev–Trinajstić information content (AvgIpc) is 3.60. The van der Waals surface area contributed by atoms with Crippen LogP contribution in [0.15, 0.2) is 41.3 Å². The van der Waals surface area contributed by atoms with Crippen molar-refractivity contribution in [2.75, 3.05) is 19.5 Å². The van der Waals surface area contributed by atoms with E-state index in [0.717, 1.165) is 32.1 Å². The van der Waals surface area contributed by atoms with Gasteiger partial charge in [0.05, 0.1) is 30.4 Å². The topological polar surface area (TPSA) is 120 Å². The van der Waals surface area contributed by atoms with Crippen LogP contribution in [0.25, 0.3) is 0 Å². The molecule has 0 aromatic heterocycles. The third-order valence-electron chi connectivity index (χ3n) is 4.97. The minimum atomic E-state index is -3.57. The largest absolute Gasteiger partial charge is 0.493 e. The summed E-state index contributed by atoms with van der Waals surface area (Å²) in [6.45, 7) is -3.15. The van der Waals surface area contributed by atoms with Crippen molar-refractivity contribution in [2.24, 2.45) is 0 Å². The van der Waals surface area contributed by atoms with Crippen LogP contribution in [-0.2, 0) is 26.0 Å². The fourth-order valence-corrected chi connectivity index (χ4v) is 4.39. The fourth-order valence-electron chi connectivity index (χ4n) is 3.08. The highest BCUT2D eigenvalue weighted by atomic mass is 32.2. The second-order valence-electron chi connectivity index (χ2n) is 7.51. The molecule has 0 bridgehead atoms. The first-order chi connectivity index (χ1) is 16.1. The predicted octanol–water partition coefficient (Wildman–Crippen LogP) is 3.10. The number of methoxy groups -OCH3 is 2. The van der Waals surface area contributed by atoms with Crippen molar-refractivity contribution in [1.29, 1.82) is 0 Å². The van der Waals surface area contributed by atoms with Crippen molar-refractivity contribution in [1.82, 2.24) is 4.72 Å². The zero-order valence-corrected chi connectivity index (χ0v) is 19.3. The zero-order chi connectivity index (χ0) is 24.9. The quantitative estimate of drug-likeness (QED) is 0.457. The van der Waals surface area contributed by atoms with Crippen LogP contribution in [0.3, 0.4) is 0 Å². The molecule has 1 saturated carbocycles. The van der Waals surface area contributed by atoms with E-state index in [1.165, 1.54) is 19.2 Å². The van der Waals surface area contributed by atoms with Crippen molar-refractivity contribution in [3.63, 3.8) is 0 Å². The lowest BCUT2D eigenvalue weighted by Gasteiger charge is -2.15. The highest BCUT2D eigenvalue weighted by Crippen LogP contribution is 2.35. The zero-order valence-electron chi connectivity index (χ0n) is 18.5. The number of benzene rings is 2. The predicted molar refractivity (Wildman–Crippen MR) is 118 cm³/mol. The van der Waals surface area contributed by atoms with Crippen LogP contribution in [-0.4, -0.2) is 47.2 Å². The number of ether oxygens (including phenoxy) is 3. The Bertz CT molecular complexity index is 1150. The summed E-state index contributed by atoms with van der Waals surface area (Å²) in [5.41, 5.74) is 0.526. The van der Waals surface area contributed by atoms with Crippen LogP contribution < -0.4 is 19.5 Å². The summed E-state index contributed by atoms with van der Waals surface area (Å²) in [4.78, 5) is 24.7. The standard InChI is InChI=1S/C22H24F2N2O7S/c1-31-18-11-16(21(28)32-2)17(12-19(18)33-22(23)24)25-20(27)10-5-13-3-8-15(9-4-13)34(29,30)26-14-6-7-14/h3-4,8-9,11-12,14,22,26H,5-7,10H2,1-2H3,(H,25,27). The van der Waals surface area contributed by atoms with Gasteiger partial charge in [-0.05, 0) is 37.0 Å². The molecule has 2 N–H and O–H groups in total. The first kappa shape index (κ1) is 25.4. The number of carbonyl (C=O) groups excluding carboxylic acids is 2. The van der Waals surface area contributed by atoms with Crippen LogP contribution >= 0.6 is 0 Å². The summed E-state index contributed by atoms with van der Waals surface area (Å²) in [7, 11) is -1.22. The van der Waals surface area contributed by atoms with Crippen LogP contribution in [0, 0.1) is 0 Å². The number of nitrogens with one attached hydrogen (secondary N) is 2. The van der Waals surface area contributed by atoms with Gasteiger partial charge in [0.15, 0.2) is 11.5 Å². The highest BCUT2D eigenvalue weighted by molar-refractivity contribution is 7.89. The molecule has 34 heavy (non-hydrogen) atoms. The summed E-state index contributed by atoms with van der Waals surface area (Å²) in [6.07, 6.45) is 1.90. The van der Waals surface area contributed by atoms with Gasteiger partial charge in [-0.3, -0.25) is 4.79 Å². The van der Waals surface area contributed by atoms with E-state index in [0.29, 0.717) is 5.56 Å². The van der Waals surface area contributed by atoms with Gasteiger partial charge >= 0.3 is 12.6 Å². The molecular formula is C22H24F2N2O7S. The number of halogens is 2. The van der Waals surface area contributed by atoms with Gasteiger partial charge in [-0.2, -0.15) is 8.78 Å². The van der Waals surface area contributed by atoms with E-state index >= 15 is 0 Å². The molecule has 184 valence electrons. The number of aryl methyl sites for hydroxylation is 1. The molecule has 0 radical (unpaired) electrons. The van der Waals surface area contributed by atoms with E-state index in [-0.39, 0.29) is 46.5 Å².